The molecule has 0 bridgehead atoms. The maximum absolute atomic E-state index is 14.0. The summed E-state index contributed by atoms with van der Waals surface area (Å²) < 4.78 is 18.8. The topological polar surface area (TPSA) is 89.7 Å². The molecule has 0 amide bonds. The van der Waals surface area contributed by atoms with Gasteiger partial charge >= 0.3 is 11.7 Å². The van der Waals surface area contributed by atoms with Crippen LogP contribution in [0.2, 0.25) is 0 Å². The average molecular weight is 269 g/mol. The number of phenolic OH excluding ortho intramolecular Hbond substituents is 1. The quantitative estimate of drug-likeness (QED) is 0.512. The van der Waals surface area contributed by atoms with E-state index in [1.54, 1.807) is 6.92 Å². The molecule has 19 heavy (non-hydrogen) atoms. The van der Waals surface area contributed by atoms with E-state index in [4.69, 9.17) is 4.74 Å². The van der Waals surface area contributed by atoms with Gasteiger partial charge in [-0.15, -0.1) is 0 Å². The fourth-order valence-electron chi connectivity index (χ4n) is 2.30. The van der Waals surface area contributed by atoms with Crippen LogP contribution in [0, 0.1) is 21.8 Å². The molecule has 0 spiro atoms. The van der Waals surface area contributed by atoms with Gasteiger partial charge in [0, 0.05) is 0 Å². The Hall–Kier alpha value is -2.18. The maximum atomic E-state index is 14.0. The summed E-state index contributed by atoms with van der Waals surface area (Å²) in [6.45, 7) is 1.89. The van der Waals surface area contributed by atoms with Crippen molar-refractivity contribution in [2.24, 2.45) is 5.92 Å². The number of benzene rings is 1. The van der Waals surface area contributed by atoms with Crippen LogP contribution >= 0.6 is 0 Å². The number of hydrogen-bond donors (Lipinski definition) is 1. The van der Waals surface area contributed by atoms with E-state index in [-0.39, 0.29) is 25.0 Å². The van der Waals surface area contributed by atoms with E-state index in [2.05, 4.69) is 0 Å². The molecule has 0 fully saturated rings. The van der Waals surface area contributed by atoms with E-state index >= 15 is 0 Å². The molecule has 1 aromatic carbocycles. The van der Waals surface area contributed by atoms with Gasteiger partial charge in [0.25, 0.3) is 0 Å². The largest absolute Gasteiger partial charge is 0.502 e. The standard InChI is InChI=1S/C12H12FNO5/c1-2-19-12(16)7-3-6-5-9(15)11(14(17)18)10(13)8(6)4-7/h5,7,15H,2-4H2,1H3. The highest BCUT2D eigenvalue weighted by atomic mass is 19.1. The van der Waals surface area contributed by atoms with Gasteiger partial charge in [-0.1, -0.05) is 0 Å². The highest BCUT2D eigenvalue weighted by Gasteiger charge is 2.35. The number of nitro benzene ring substituents is 1. The second kappa shape index (κ2) is 4.83. The zero-order valence-electron chi connectivity index (χ0n) is 10.2. The van der Waals surface area contributed by atoms with Crippen molar-refractivity contribution in [2.75, 3.05) is 6.61 Å². The first-order valence-corrected chi connectivity index (χ1v) is 5.80. The highest BCUT2D eigenvalue weighted by Crippen LogP contribution is 2.39. The summed E-state index contributed by atoms with van der Waals surface area (Å²) in [5.41, 5.74) is -0.413. The first-order chi connectivity index (χ1) is 8.95. The number of esters is 1. The monoisotopic (exact) mass is 269 g/mol. The van der Waals surface area contributed by atoms with E-state index < -0.39 is 34.1 Å². The van der Waals surface area contributed by atoms with Crippen molar-refractivity contribution < 1.29 is 24.0 Å². The van der Waals surface area contributed by atoms with Crippen molar-refractivity contribution in [1.82, 2.24) is 0 Å². The molecule has 1 unspecified atom stereocenters. The lowest BCUT2D eigenvalue weighted by Crippen LogP contribution is -2.17. The molecule has 1 atom stereocenters. The number of rotatable bonds is 3. The van der Waals surface area contributed by atoms with Crippen LogP contribution < -0.4 is 0 Å². The molecule has 0 saturated heterocycles. The van der Waals surface area contributed by atoms with E-state index in [0.717, 1.165) is 6.07 Å². The zero-order chi connectivity index (χ0) is 14.2. The molecule has 102 valence electrons. The second-order valence-electron chi connectivity index (χ2n) is 4.31. The fourth-order valence-corrected chi connectivity index (χ4v) is 2.30. The molecule has 1 aliphatic rings. The third-order valence-electron chi connectivity index (χ3n) is 3.13. The molecular formula is C12H12FNO5. The molecule has 0 heterocycles. The van der Waals surface area contributed by atoms with E-state index in [1.165, 1.54) is 0 Å². The normalized spacial score (nSPS) is 17.1. The Morgan fingerprint density at radius 2 is 2.32 bits per heavy atom. The Labute approximate surface area is 108 Å². The van der Waals surface area contributed by atoms with E-state index in [9.17, 15) is 24.4 Å². The summed E-state index contributed by atoms with van der Waals surface area (Å²) in [6, 6.07) is 1.15. The van der Waals surface area contributed by atoms with Crippen molar-refractivity contribution in [3.8, 4) is 5.75 Å². The minimum absolute atomic E-state index is 0.0567. The molecule has 0 saturated carbocycles. The van der Waals surface area contributed by atoms with Crippen LogP contribution in [0.15, 0.2) is 6.07 Å². The number of aromatic hydroxyl groups is 1. The summed E-state index contributed by atoms with van der Waals surface area (Å²) >= 11 is 0. The predicted octanol–water partition coefficient (Wildman–Crippen LogP) is 1.72. The van der Waals surface area contributed by atoms with Crippen LogP contribution in [0.1, 0.15) is 18.1 Å². The van der Waals surface area contributed by atoms with Gasteiger partial charge in [0.1, 0.15) is 0 Å². The molecule has 0 radical (unpaired) electrons. The number of ether oxygens (including phenoxy) is 1. The average Bonchev–Trinajstić information content (AvgIpc) is 2.72. The number of nitro groups is 1. The second-order valence-corrected chi connectivity index (χ2v) is 4.31. The van der Waals surface area contributed by atoms with Crippen molar-refractivity contribution >= 4 is 11.7 Å². The third-order valence-corrected chi connectivity index (χ3v) is 3.13. The molecule has 1 N–H and O–H groups in total. The van der Waals surface area contributed by atoms with Crippen molar-refractivity contribution in [3.05, 3.63) is 33.1 Å². The Morgan fingerprint density at radius 3 is 2.89 bits per heavy atom. The van der Waals surface area contributed by atoms with E-state index in [0.29, 0.717) is 5.56 Å². The van der Waals surface area contributed by atoms with Gasteiger partial charge in [-0.25, -0.2) is 0 Å². The highest BCUT2D eigenvalue weighted by molar-refractivity contribution is 5.75. The molecule has 2 rings (SSSR count). The summed E-state index contributed by atoms with van der Waals surface area (Å²) in [5.74, 6) is -2.79. The lowest BCUT2D eigenvalue weighted by atomic mass is 10.1. The first-order valence-electron chi connectivity index (χ1n) is 5.80. The van der Waals surface area contributed by atoms with Gasteiger partial charge < -0.3 is 9.84 Å². The number of carbonyl (C=O) groups is 1. The molecule has 0 aliphatic heterocycles. The number of phenols is 1. The molecule has 1 aromatic rings. The van der Waals surface area contributed by atoms with Gasteiger partial charge in [0.2, 0.25) is 5.82 Å². The summed E-state index contributed by atoms with van der Waals surface area (Å²) in [6.07, 6.45) is 0.276. The van der Waals surface area contributed by atoms with Crippen molar-refractivity contribution in [3.63, 3.8) is 0 Å². The van der Waals surface area contributed by atoms with Gasteiger partial charge in [-0.3, -0.25) is 14.9 Å². The van der Waals surface area contributed by atoms with Gasteiger partial charge in [0.05, 0.1) is 17.4 Å². The molecule has 6 nitrogen and oxygen atoms in total. The number of fused-ring (bicyclic) bond motifs is 1. The fraction of sp³-hybridized carbons (Fsp3) is 0.417. The zero-order valence-corrected chi connectivity index (χ0v) is 10.2. The van der Waals surface area contributed by atoms with Crippen molar-refractivity contribution in [2.45, 2.75) is 19.8 Å². The summed E-state index contributed by atoms with van der Waals surface area (Å²) in [7, 11) is 0. The molecule has 1 aliphatic carbocycles. The minimum atomic E-state index is -1.06. The van der Waals surface area contributed by atoms with Crippen LogP contribution in [-0.4, -0.2) is 22.6 Å². The van der Waals surface area contributed by atoms with Gasteiger partial charge in [0.15, 0.2) is 5.75 Å². The Bertz CT molecular complexity index is 558. The summed E-state index contributed by atoms with van der Waals surface area (Å²) in [5, 5.41) is 20.1. The van der Waals surface area contributed by atoms with Crippen molar-refractivity contribution in [1.29, 1.82) is 0 Å². The predicted molar refractivity (Wildman–Crippen MR) is 62.3 cm³/mol. The number of halogens is 1. The minimum Gasteiger partial charge on any atom is -0.502 e. The molecular weight excluding hydrogens is 257 g/mol. The molecule has 7 heteroatoms. The van der Waals surface area contributed by atoms with Crippen LogP contribution in [0.5, 0.6) is 5.75 Å². The Morgan fingerprint density at radius 1 is 1.63 bits per heavy atom. The van der Waals surface area contributed by atoms with Gasteiger partial charge in [-0.2, -0.15) is 4.39 Å². The number of hydrogen-bond acceptors (Lipinski definition) is 5. The SMILES string of the molecule is CCOC(=O)C1Cc2cc(O)c([N+](=O)[O-])c(F)c2C1. The van der Waals surface area contributed by atoms with Crippen LogP contribution in [0.25, 0.3) is 0 Å². The number of nitrogens with zero attached hydrogens (tertiary/aromatic N) is 1. The maximum Gasteiger partial charge on any atom is 0.346 e. The Balaban J connectivity index is 2.36. The van der Waals surface area contributed by atoms with Crippen LogP contribution in [0.4, 0.5) is 10.1 Å². The lowest BCUT2D eigenvalue weighted by Gasteiger charge is -2.06. The van der Waals surface area contributed by atoms with E-state index in [1.807, 2.05) is 0 Å². The van der Waals surface area contributed by atoms with Crippen LogP contribution in [0.3, 0.4) is 0 Å². The molecule has 0 aromatic heterocycles. The Kier molecular flexibility index (Phi) is 3.37. The summed E-state index contributed by atoms with van der Waals surface area (Å²) in [4.78, 5) is 21.3. The first kappa shape index (κ1) is 13.3. The smallest absolute Gasteiger partial charge is 0.346 e. The number of carbonyl (C=O) groups excluding carboxylic acids is 1. The van der Waals surface area contributed by atoms with Gasteiger partial charge in [-0.05, 0) is 37.0 Å². The third kappa shape index (κ3) is 2.23. The van der Waals surface area contributed by atoms with Crippen LogP contribution in [-0.2, 0) is 22.4 Å². The lowest BCUT2D eigenvalue weighted by molar-refractivity contribution is -0.388.